The fourth-order valence-electron chi connectivity index (χ4n) is 1.63. The number of aromatic nitrogens is 3. The van der Waals surface area contributed by atoms with E-state index in [9.17, 15) is 0 Å². The Morgan fingerprint density at radius 3 is 2.94 bits per heavy atom. The Balaban J connectivity index is 2.34. The highest BCUT2D eigenvalue weighted by Gasteiger charge is 2.28. The molecule has 1 atom stereocenters. The predicted molar refractivity (Wildman–Crippen MR) is 65.7 cm³/mol. The van der Waals surface area contributed by atoms with Crippen LogP contribution in [-0.4, -0.2) is 28.8 Å². The number of hydrogen-bond donors (Lipinski definition) is 1. The maximum absolute atomic E-state index is 6.05. The Bertz CT molecular complexity index is 536. The lowest BCUT2D eigenvalue weighted by Crippen LogP contribution is -2.38. The van der Waals surface area contributed by atoms with Crippen molar-refractivity contribution in [1.82, 2.24) is 15.1 Å². The van der Waals surface area contributed by atoms with E-state index < -0.39 is 5.54 Å². The highest BCUT2D eigenvalue weighted by Crippen LogP contribution is 2.21. The SMILES string of the molecule is COCC(C)(N)c1noc(-c2ncccc2C)n1. The van der Waals surface area contributed by atoms with Crippen LogP contribution >= 0.6 is 0 Å². The molecule has 2 aromatic heterocycles. The average Bonchev–Trinajstić information content (AvgIpc) is 2.79. The number of nitrogens with zero attached hydrogens (tertiary/aromatic N) is 3. The van der Waals surface area contributed by atoms with E-state index in [2.05, 4.69) is 15.1 Å². The van der Waals surface area contributed by atoms with Crippen LogP contribution in [0.15, 0.2) is 22.9 Å². The molecule has 2 heterocycles. The van der Waals surface area contributed by atoms with E-state index in [1.165, 1.54) is 0 Å². The van der Waals surface area contributed by atoms with Gasteiger partial charge in [0, 0.05) is 13.3 Å². The molecule has 96 valence electrons. The van der Waals surface area contributed by atoms with Gasteiger partial charge in [-0.1, -0.05) is 11.2 Å². The zero-order valence-corrected chi connectivity index (χ0v) is 10.7. The Labute approximate surface area is 105 Å². The van der Waals surface area contributed by atoms with Gasteiger partial charge in [-0.15, -0.1) is 0 Å². The van der Waals surface area contributed by atoms with Crippen LogP contribution in [0.25, 0.3) is 11.6 Å². The van der Waals surface area contributed by atoms with E-state index in [0.717, 1.165) is 5.56 Å². The van der Waals surface area contributed by atoms with E-state index in [1.807, 2.05) is 19.1 Å². The Morgan fingerprint density at radius 1 is 1.50 bits per heavy atom. The van der Waals surface area contributed by atoms with Crippen LogP contribution in [0.1, 0.15) is 18.3 Å². The van der Waals surface area contributed by atoms with Gasteiger partial charge in [-0.25, -0.2) is 0 Å². The number of methoxy groups -OCH3 is 1. The summed E-state index contributed by atoms with van der Waals surface area (Å²) in [4.78, 5) is 8.51. The third kappa shape index (κ3) is 2.39. The summed E-state index contributed by atoms with van der Waals surface area (Å²) in [5.41, 5.74) is 6.91. The van der Waals surface area contributed by atoms with Crippen molar-refractivity contribution >= 4 is 0 Å². The van der Waals surface area contributed by atoms with Crippen LogP contribution in [-0.2, 0) is 10.3 Å². The van der Waals surface area contributed by atoms with Gasteiger partial charge < -0.3 is 15.0 Å². The van der Waals surface area contributed by atoms with Gasteiger partial charge in [0.15, 0.2) is 5.82 Å². The van der Waals surface area contributed by atoms with Crippen molar-refractivity contribution in [1.29, 1.82) is 0 Å². The van der Waals surface area contributed by atoms with Crippen LogP contribution in [0.5, 0.6) is 0 Å². The first-order valence-corrected chi connectivity index (χ1v) is 5.58. The summed E-state index contributed by atoms with van der Waals surface area (Å²) >= 11 is 0. The number of rotatable bonds is 4. The minimum Gasteiger partial charge on any atom is -0.382 e. The van der Waals surface area contributed by atoms with Crippen molar-refractivity contribution in [2.24, 2.45) is 5.73 Å². The summed E-state index contributed by atoms with van der Waals surface area (Å²) < 4.78 is 10.2. The lowest BCUT2D eigenvalue weighted by Gasteiger charge is -2.18. The van der Waals surface area contributed by atoms with Crippen LogP contribution in [0.3, 0.4) is 0 Å². The van der Waals surface area contributed by atoms with Gasteiger partial charge >= 0.3 is 0 Å². The Kier molecular flexibility index (Phi) is 3.40. The molecule has 2 N–H and O–H groups in total. The third-order valence-electron chi connectivity index (χ3n) is 2.59. The number of pyridine rings is 1. The molecule has 0 aromatic carbocycles. The lowest BCUT2D eigenvalue weighted by atomic mass is 10.1. The Hall–Kier alpha value is -1.79. The second kappa shape index (κ2) is 4.83. The molecular weight excluding hydrogens is 232 g/mol. The molecule has 0 saturated heterocycles. The molecule has 1 unspecified atom stereocenters. The summed E-state index contributed by atoms with van der Waals surface area (Å²) in [6.07, 6.45) is 1.68. The second-order valence-corrected chi connectivity index (χ2v) is 4.44. The first-order chi connectivity index (χ1) is 8.54. The molecule has 6 nitrogen and oxygen atoms in total. The Morgan fingerprint density at radius 2 is 2.28 bits per heavy atom. The van der Waals surface area contributed by atoms with Crippen LogP contribution < -0.4 is 5.73 Å². The van der Waals surface area contributed by atoms with Gasteiger partial charge in [-0.2, -0.15) is 4.98 Å². The fourth-order valence-corrected chi connectivity index (χ4v) is 1.63. The van der Waals surface area contributed by atoms with Crippen molar-refractivity contribution in [3.05, 3.63) is 29.7 Å². The van der Waals surface area contributed by atoms with E-state index >= 15 is 0 Å². The minimum absolute atomic E-state index is 0.313. The summed E-state index contributed by atoms with van der Waals surface area (Å²) in [6.45, 7) is 4.03. The van der Waals surface area contributed by atoms with Crippen molar-refractivity contribution in [2.45, 2.75) is 19.4 Å². The predicted octanol–water partition coefficient (Wildman–Crippen LogP) is 1.26. The zero-order valence-electron chi connectivity index (χ0n) is 10.7. The normalized spacial score (nSPS) is 14.4. The lowest BCUT2D eigenvalue weighted by molar-refractivity contribution is 0.135. The van der Waals surface area contributed by atoms with E-state index in [1.54, 1.807) is 20.2 Å². The molecule has 0 aliphatic carbocycles. The van der Waals surface area contributed by atoms with Gasteiger partial charge in [0.1, 0.15) is 11.2 Å². The van der Waals surface area contributed by atoms with Crippen molar-refractivity contribution in [2.75, 3.05) is 13.7 Å². The van der Waals surface area contributed by atoms with Crippen LogP contribution in [0.2, 0.25) is 0 Å². The molecule has 18 heavy (non-hydrogen) atoms. The molecule has 0 aliphatic heterocycles. The quantitative estimate of drug-likeness (QED) is 0.876. The van der Waals surface area contributed by atoms with Crippen molar-refractivity contribution in [3.63, 3.8) is 0 Å². The zero-order chi connectivity index (χ0) is 13.2. The van der Waals surface area contributed by atoms with Crippen molar-refractivity contribution < 1.29 is 9.26 Å². The number of nitrogens with two attached hydrogens (primary N) is 1. The van der Waals surface area contributed by atoms with E-state index in [-0.39, 0.29) is 0 Å². The number of ether oxygens (including phenoxy) is 1. The summed E-state index contributed by atoms with van der Waals surface area (Å²) in [5.74, 6) is 0.778. The topological polar surface area (TPSA) is 87.1 Å². The second-order valence-electron chi connectivity index (χ2n) is 4.44. The number of aryl methyl sites for hydroxylation is 1. The smallest absolute Gasteiger partial charge is 0.276 e. The van der Waals surface area contributed by atoms with Crippen molar-refractivity contribution in [3.8, 4) is 11.6 Å². The molecule has 0 bridgehead atoms. The highest BCUT2D eigenvalue weighted by atomic mass is 16.5. The first-order valence-electron chi connectivity index (χ1n) is 5.58. The molecule has 0 fully saturated rings. The maximum atomic E-state index is 6.05. The molecule has 6 heteroatoms. The number of hydrogen-bond acceptors (Lipinski definition) is 6. The molecule has 2 rings (SSSR count). The van der Waals surface area contributed by atoms with Gasteiger partial charge in [-0.3, -0.25) is 4.98 Å². The molecule has 0 radical (unpaired) electrons. The summed E-state index contributed by atoms with van der Waals surface area (Å²) in [6, 6.07) is 3.79. The van der Waals surface area contributed by atoms with E-state index in [4.69, 9.17) is 15.0 Å². The highest BCUT2D eigenvalue weighted by molar-refractivity contribution is 5.51. The molecule has 0 aliphatic rings. The maximum Gasteiger partial charge on any atom is 0.276 e. The largest absolute Gasteiger partial charge is 0.382 e. The molecular formula is C12H16N4O2. The van der Waals surface area contributed by atoms with Crippen LogP contribution in [0, 0.1) is 6.92 Å². The third-order valence-corrected chi connectivity index (χ3v) is 2.59. The minimum atomic E-state index is -0.779. The summed E-state index contributed by atoms with van der Waals surface area (Å²) in [5, 5.41) is 3.89. The molecule has 0 amide bonds. The standard InChI is InChI=1S/C12H16N4O2/c1-8-5-4-6-14-9(8)10-15-11(16-18-10)12(2,13)7-17-3/h4-6H,7,13H2,1-3H3. The van der Waals surface area contributed by atoms with Gasteiger partial charge in [0.2, 0.25) is 0 Å². The van der Waals surface area contributed by atoms with E-state index in [0.29, 0.717) is 24.0 Å². The molecule has 0 saturated carbocycles. The summed E-state index contributed by atoms with van der Waals surface area (Å²) in [7, 11) is 1.58. The first kappa shape index (κ1) is 12.7. The molecule has 0 spiro atoms. The fraction of sp³-hybridized carbons (Fsp3) is 0.417. The van der Waals surface area contributed by atoms with Gasteiger partial charge in [0.25, 0.3) is 5.89 Å². The monoisotopic (exact) mass is 248 g/mol. The van der Waals surface area contributed by atoms with Gasteiger partial charge in [0.05, 0.1) is 6.61 Å². The average molecular weight is 248 g/mol. The molecule has 2 aromatic rings. The van der Waals surface area contributed by atoms with Crippen LogP contribution in [0.4, 0.5) is 0 Å². The van der Waals surface area contributed by atoms with Gasteiger partial charge in [-0.05, 0) is 25.5 Å².